The molecule has 0 spiro atoms. The van der Waals surface area contributed by atoms with Crippen molar-refractivity contribution in [3.63, 3.8) is 0 Å². The van der Waals surface area contributed by atoms with Gasteiger partial charge in [-0.1, -0.05) is 0 Å². The van der Waals surface area contributed by atoms with Gasteiger partial charge in [0.1, 0.15) is 0 Å². The predicted molar refractivity (Wildman–Crippen MR) is 44.1 cm³/mol. The number of rotatable bonds is 1. The van der Waals surface area contributed by atoms with E-state index in [1.165, 1.54) is 11.8 Å². The molecule has 0 bridgehead atoms. The first-order chi connectivity index (χ1) is 5.96. The summed E-state index contributed by atoms with van der Waals surface area (Å²) in [6.45, 7) is 1.80. The maximum absolute atomic E-state index is 10.9. The molecule has 5 heteroatoms. The Hall–Kier alpha value is -1.10. The molecule has 0 radical (unpaired) electrons. The smallest absolute Gasteiger partial charge is 0.337 e. The van der Waals surface area contributed by atoms with Gasteiger partial charge >= 0.3 is 5.97 Å². The van der Waals surface area contributed by atoms with Gasteiger partial charge in [-0.2, -0.15) is 0 Å². The van der Waals surface area contributed by atoms with Crippen LogP contribution >= 0.6 is 0 Å². The Morgan fingerprint density at radius 3 is 2.54 bits per heavy atom. The molecule has 1 saturated heterocycles. The number of carbonyl (C=O) groups excluding carboxylic acids is 1. The van der Waals surface area contributed by atoms with Gasteiger partial charge in [0.15, 0.2) is 5.60 Å². The first-order valence-electron chi connectivity index (χ1n) is 4.17. The summed E-state index contributed by atoms with van der Waals surface area (Å²) in [5, 5.41) is 18.3. The molecule has 74 valence electrons. The van der Waals surface area contributed by atoms with E-state index < -0.39 is 11.6 Å². The van der Waals surface area contributed by atoms with E-state index in [1.54, 1.807) is 0 Å². The van der Waals surface area contributed by atoms with Crippen molar-refractivity contribution >= 4 is 11.9 Å². The zero-order valence-corrected chi connectivity index (χ0v) is 7.49. The van der Waals surface area contributed by atoms with E-state index in [1.807, 2.05) is 0 Å². The fourth-order valence-electron chi connectivity index (χ4n) is 1.48. The van der Waals surface area contributed by atoms with Crippen molar-refractivity contribution in [2.45, 2.75) is 25.4 Å². The van der Waals surface area contributed by atoms with Crippen molar-refractivity contribution in [2.75, 3.05) is 13.1 Å². The Kier molecular flexibility index (Phi) is 2.56. The minimum Gasteiger partial charge on any atom is -0.479 e. The van der Waals surface area contributed by atoms with E-state index in [2.05, 4.69) is 0 Å². The average Bonchev–Trinajstić information content (AvgIpc) is 2.04. The van der Waals surface area contributed by atoms with Crippen molar-refractivity contribution < 1.29 is 19.8 Å². The Bertz CT molecular complexity index is 240. The van der Waals surface area contributed by atoms with Crippen LogP contribution in [0.5, 0.6) is 0 Å². The first-order valence-corrected chi connectivity index (χ1v) is 4.17. The van der Waals surface area contributed by atoms with Crippen LogP contribution in [-0.2, 0) is 9.59 Å². The zero-order chi connectivity index (χ0) is 10.1. The summed E-state index contributed by atoms with van der Waals surface area (Å²) < 4.78 is 0. The van der Waals surface area contributed by atoms with Gasteiger partial charge in [0, 0.05) is 13.5 Å². The number of nitrogens with zero attached hydrogens (tertiary/aromatic N) is 1. The number of piperidine rings is 1. The lowest BCUT2D eigenvalue weighted by atomic mass is 9.93. The summed E-state index contributed by atoms with van der Waals surface area (Å²) in [6, 6.07) is 0. The van der Waals surface area contributed by atoms with Gasteiger partial charge in [-0.05, 0) is 12.8 Å². The summed E-state index contributed by atoms with van der Waals surface area (Å²) >= 11 is 0. The number of carbonyl (C=O) groups is 2. The number of hydrogen-bond donors (Lipinski definition) is 2. The van der Waals surface area contributed by atoms with E-state index in [9.17, 15) is 14.7 Å². The molecular formula is C8H13NO4. The number of hydrogen-bond acceptors (Lipinski definition) is 3. The molecule has 0 saturated carbocycles. The monoisotopic (exact) mass is 187 g/mol. The van der Waals surface area contributed by atoms with E-state index in [-0.39, 0.29) is 18.9 Å². The van der Waals surface area contributed by atoms with Crippen LogP contribution in [0.1, 0.15) is 19.8 Å². The lowest BCUT2D eigenvalue weighted by Gasteiger charge is -2.35. The van der Waals surface area contributed by atoms with Gasteiger partial charge in [-0.15, -0.1) is 0 Å². The minimum absolute atomic E-state index is 0.0995. The number of likely N-dealkylation sites (tertiary alicyclic amines) is 1. The second kappa shape index (κ2) is 3.33. The highest BCUT2D eigenvalue weighted by Gasteiger charge is 2.40. The van der Waals surface area contributed by atoms with Crippen molar-refractivity contribution in [1.29, 1.82) is 0 Å². The van der Waals surface area contributed by atoms with E-state index in [0.717, 1.165) is 0 Å². The normalized spacial score (nSPS) is 28.6. The van der Waals surface area contributed by atoms with Gasteiger partial charge in [0.05, 0.1) is 6.54 Å². The molecule has 0 aromatic carbocycles. The van der Waals surface area contributed by atoms with E-state index in [0.29, 0.717) is 13.0 Å². The summed E-state index contributed by atoms with van der Waals surface area (Å²) in [6.07, 6.45) is 0.745. The maximum Gasteiger partial charge on any atom is 0.337 e. The molecule has 0 unspecified atom stereocenters. The lowest BCUT2D eigenvalue weighted by Crippen LogP contribution is -2.54. The molecule has 13 heavy (non-hydrogen) atoms. The van der Waals surface area contributed by atoms with Gasteiger partial charge in [-0.25, -0.2) is 4.79 Å². The van der Waals surface area contributed by atoms with Crippen LogP contribution in [-0.4, -0.2) is 45.7 Å². The topological polar surface area (TPSA) is 77.8 Å². The van der Waals surface area contributed by atoms with Crippen LogP contribution in [0.4, 0.5) is 0 Å². The number of carboxylic acids is 1. The van der Waals surface area contributed by atoms with Crippen molar-refractivity contribution in [2.24, 2.45) is 0 Å². The van der Waals surface area contributed by atoms with E-state index >= 15 is 0 Å². The maximum atomic E-state index is 10.9. The highest BCUT2D eigenvalue weighted by molar-refractivity contribution is 5.80. The Balaban J connectivity index is 2.71. The fourth-order valence-corrected chi connectivity index (χ4v) is 1.48. The second-order valence-corrected chi connectivity index (χ2v) is 3.38. The van der Waals surface area contributed by atoms with Gasteiger partial charge in [0.2, 0.25) is 5.91 Å². The highest BCUT2D eigenvalue weighted by Crippen LogP contribution is 2.21. The molecule has 1 fully saturated rings. The number of aliphatic carboxylic acids is 1. The molecule has 0 aliphatic carbocycles. The van der Waals surface area contributed by atoms with Crippen LogP contribution in [0.25, 0.3) is 0 Å². The third-order valence-corrected chi connectivity index (χ3v) is 2.31. The van der Waals surface area contributed by atoms with Crippen LogP contribution in [0.3, 0.4) is 0 Å². The fraction of sp³-hybridized carbons (Fsp3) is 0.750. The van der Waals surface area contributed by atoms with Crippen LogP contribution < -0.4 is 0 Å². The number of β-amino-alcohol motifs (C(OH)–C–C–N with tert-alkyl or cyclic N) is 1. The predicted octanol–water partition coefficient (Wildman–Crippen LogP) is -0.556. The SMILES string of the molecule is CC(=O)N1CCC[C@](O)(C(=O)O)C1. The highest BCUT2D eigenvalue weighted by atomic mass is 16.4. The first kappa shape index (κ1) is 9.98. The zero-order valence-electron chi connectivity index (χ0n) is 7.49. The van der Waals surface area contributed by atoms with Gasteiger partial charge in [-0.3, -0.25) is 4.79 Å². The van der Waals surface area contributed by atoms with Crippen LogP contribution in [0.15, 0.2) is 0 Å². The summed E-state index contributed by atoms with van der Waals surface area (Å²) in [5.41, 5.74) is -1.75. The number of carboxylic acid groups (broad SMARTS) is 1. The molecule has 1 amide bonds. The molecule has 1 atom stereocenters. The third-order valence-electron chi connectivity index (χ3n) is 2.31. The number of amides is 1. The quantitative estimate of drug-likeness (QED) is 0.577. The molecule has 5 nitrogen and oxygen atoms in total. The third kappa shape index (κ3) is 1.98. The lowest BCUT2D eigenvalue weighted by molar-refractivity contribution is -0.166. The van der Waals surface area contributed by atoms with Gasteiger partial charge in [0.25, 0.3) is 0 Å². The Morgan fingerprint density at radius 2 is 2.08 bits per heavy atom. The van der Waals surface area contributed by atoms with Crippen molar-refractivity contribution in [3.8, 4) is 0 Å². The van der Waals surface area contributed by atoms with Crippen LogP contribution in [0.2, 0.25) is 0 Å². The minimum atomic E-state index is -1.75. The van der Waals surface area contributed by atoms with E-state index in [4.69, 9.17) is 5.11 Å². The largest absolute Gasteiger partial charge is 0.479 e. The van der Waals surface area contributed by atoms with Crippen LogP contribution in [0, 0.1) is 0 Å². The van der Waals surface area contributed by atoms with Gasteiger partial charge < -0.3 is 15.1 Å². The summed E-state index contributed by atoms with van der Waals surface area (Å²) in [7, 11) is 0. The summed E-state index contributed by atoms with van der Waals surface area (Å²) in [5.74, 6) is -1.45. The van der Waals surface area contributed by atoms with Crippen molar-refractivity contribution in [1.82, 2.24) is 4.90 Å². The average molecular weight is 187 g/mol. The molecule has 1 heterocycles. The van der Waals surface area contributed by atoms with Crippen molar-refractivity contribution in [3.05, 3.63) is 0 Å². The Morgan fingerprint density at radius 1 is 1.46 bits per heavy atom. The Labute approximate surface area is 76.0 Å². The number of aliphatic hydroxyl groups is 1. The second-order valence-electron chi connectivity index (χ2n) is 3.38. The molecule has 0 aromatic heterocycles. The molecule has 1 aliphatic rings. The molecule has 2 N–H and O–H groups in total. The molecule has 1 aliphatic heterocycles. The molecule has 0 aromatic rings. The molecule has 1 rings (SSSR count). The molecular weight excluding hydrogens is 174 g/mol. The standard InChI is InChI=1S/C8H13NO4/c1-6(10)9-4-2-3-8(13,5-9)7(11)12/h13H,2-5H2,1H3,(H,11,12)/t8-/m1/s1. The summed E-state index contributed by atoms with van der Waals surface area (Å²) in [4.78, 5) is 22.9.